The van der Waals surface area contributed by atoms with E-state index in [9.17, 15) is 0 Å². The van der Waals surface area contributed by atoms with Crippen molar-refractivity contribution in [2.45, 2.75) is 19.4 Å². The maximum Gasteiger partial charge on any atom is 0.107 e. The van der Waals surface area contributed by atoms with Crippen molar-refractivity contribution in [1.82, 2.24) is 9.97 Å². The minimum absolute atomic E-state index is 0. The van der Waals surface area contributed by atoms with Crippen LogP contribution in [-0.4, -0.2) is 16.0 Å². The highest BCUT2D eigenvalue weighted by Gasteiger charge is 1.96. The summed E-state index contributed by atoms with van der Waals surface area (Å²) in [7, 11) is 0. The largest absolute Gasteiger partial charge is 0.349 e. The van der Waals surface area contributed by atoms with Gasteiger partial charge in [-0.3, -0.25) is 0 Å². The summed E-state index contributed by atoms with van der Waals surface area (Å²) in [6, 6.07) is 0.191. The minimum Gasteiger partial charge on any atom is -0.349 e. The number of hydrogen-bond donors (Lipinski definition) is 2. The Hall–Kier alpha value is -0.250. The lowest BCUT2D eigenvalue weighted by molar-refractivity contribution is 0.710. The van der Waals surface area contributed by atoms with Crippen LogP contribution in [0.2, 0.25) is 0 Å². The van der Waals surface area contributed by atoms with Crippen molar-refractivity contribution in [2.75, 3.05) is 0 Å². The fraction of sp³-hybridized carbons (Fsp3) is 0.500. The minimum atomic E-state index is 0. The summed E-state index contributed by atoms with van der Waals surface area (Å²) >= 11 is 0. The lowest BCUT2D eigenvalue weighted by Crippen LogP contribution is -2.18. The standard InChI is InChI=1S/C6H11N3.2ClH/c1-5(7)4-6-8-2-3-9-6;;/h2-3,5H,4,7H2,1H3,(H,8,9);2*1H. The molecule has 11 heavy (non-hydrogen) atoms. The number of aromatic amines is 1. The first-order valence-corrected chi connectivity index (χ1v) is 3.03. The summed E-state index contributed by atoms with van der Waals surface area (Å²) in [6.45, 7) is 1.96. The van der Waals surface area contributed by atoms with Crippen molar-refractivity contribution in [1.29, 1.82) is 0 Å². The molecule has 0 amide bonds. The quantitative estimate of drug-likeness (QED) is 0.748. The molecule has 1 unspecified atom stereocenters. The Morgan fingerprint density at radius 1 is 1.64 bits per heavy atom. The number of nitrogens with two attached hydrogens (primary N) is 1. The molecule has 0 aliphatic carbocycles. The van der Waals surface area contributed by atoms with Crippen LogP contribution in [0.1, 0.15) is 12.7 Å². The number of H-pyrrole nitrogens is 1. The topological polar surface area (TPSA) is 54.7 Å². The molecular formula is C6H13Cl2N3. The van der Waals surface area contributed by atoms with Crippen molar-refractivity contribution < 1.29 is 0 Å². The van der Waals surface area contributed by atoms with Crippen molar-refractivity contribution >= 4 is 24.8 Å². The Kier molecular flexibility index (Phi) is 7.84. The summed E-state index contributed by atoms with van der Waals surface area (Å²) in [5.41, 5.74) is 5.52. The number of hydrogen-bond acceptors (Lipinski definition) is 2. The molecule has 3 nitrogen and oxygen atoms in total. The predicted molar refractivity (Wildman–Crippen MR) is 50.4 cm³/mol. The van der Waals surface area contributed by atoms with Crippen molar-refractivity contribution in [2.24, 2.45) is 5.73 Å². The number of aromatic nitrogens is 2. The van der Waals surface area contributed by atoms with Gasteiger partial charge in [-0.1, -0.05) is 0 Å². The first-order chi connectivity index (χ1) is 4.29. The molecule has 0 aliphatic heterocycles. The third-order valence-corrected chi connectivity index (χ3v) is 1.07. The second kappa shape index (κ2) is 6.46. The van der Waals surface area contributed by atoms with Crippen LogP contribution >= 0.6 is 24.8 Å². The molecule has 66 valence electrons. The highest BCUT2D eigenvalue weighted by atomic mass is 35.5. The fourth-order valence-electron chi connectivity index (χ4n) is 0.715. The van der Waals surface area contributed by atoms with E-state index in [4.69, 9.17) is 5.73 Å². The van der Waals surface area contributed by atoms with Crippen molar-refractivity contribution in [3.8, 4) is 0 Å². The van der Waals surface area contributed by atoms with E-state index in [0.717, 1.165) is 12.2 Å². The number of imidazole rings is 1. The number of nitrogens with zero attached hydrogens (tertiary/aromatic N) is 1. The summed E-state index contributed by atoms with van der Waals surface area (Å²) in [5.74, 6) is 0.963. The van der Waals surface area contributed by atoms with E-state index in [2.05, 4.69) is 9.97 Å². The van der Waals surface area contributed by atoms with Gasteiger partial charge in [-0.15, -0.1) is 24.8 Å². The van der Waals surface area contributed by atoms with Gasteiger partial charge in [0.1, 0.15) is 5.82 Å². The molecule has 1 heterocycles. The zero-order valence-corrected chi connectivity index (χ0v) is 7.91. The highest BCUT2D eigenvalue weighted by molar-refractivity contribution is 5.85. The molecular weight excluding hydrogens is 185 g/mol. The predicted octanol–water partition coefficient (Wildman–Crippen LogP) is 1.14. The lowest BCUT2D eigenvalue weighted by Gasteiger charge is -1.98. The van der Waals surface area contributed by atoms with Gasteiger partial charge >= 0.3 is 0 Å². The normalized spacial score (nSPS) is 11.1. The zero-order valence-electron chi connectivity index (χ0n) is 6.28. The molecule has 5 heteroatoms. The van der Waals surface area contributed by atoms with Crippen LogP contribution in [0.25, 0.3) is 0 Å². The van der Waals surface area contributed by atoms with E-state index in [1.54, 1.807) is 12.4 Å². The molecule has 0 radical (unpaired) electrons. The molecule has 0 aromatic carbocycles. The van der Waals surface area contributed by atoms with Crippen LogP contribution < -0.4 is 5.73 Å². The lowest BCUT2D eigenvalue weighted by atomic mass is 10.2. The van der Waals surface area contributed by atoms with Gasteiger partial charge < -0.3 is 10.7 Å². The summed E-state index contributed by atoms with van der Waals surface area (Å²) in [4.78, 5) is 7.00. The van der Waals surface area contributed by atoms with E-state index in [-0.39, 0.29) is 30.9 Å². The van der Waals surface area contributed by atoms with Crippen LogP contribution in [-0.2, 0) is 6.42 Å². The maximum absolute atomic E-state index is 5.52. The Morgan fingerprint density at radius 3 is 2.64 bits per heavy atom. The Bertz CT molecular complexity index is 162. The monoisotopic (exact) mass is 197 g/mol. The Labute approximate surface area is 78.6 Å². The van der Waals surface area contributed by atoms with Gasteiger partial charge in [0.15, 0.2) is 0 Å². The average Bonchev–Trinajstić information content (AvgIpc) is 2.15. The second-order valence-corrected chi connectivity index (χ2v) is 2.22. The molecule has 0 fully saturated rings. The zero-order chi connectivity index (χ0) is 6.69. The molecule has 0 saturated heterocycles. The second-order valence-electron chi connectivity index (χ2n) is 2.22. The molecule has 1 rings (SSSR count). The average molecular weight is 198 g/mol. The maximum atomic E-state index is 5.52. The molecule has 0 bridgehead atoms. The van der Waals surface area contributed by atoms with Gasteiger partial charge in [-0.2, -0.15) is 0 Å². The van der Waals surface area contributed by atoms with Gasteiger partial charge in [-0.25, -0.2) is 4.98 Å². The SMILES string of the molecule is CC(N)Cc1ncc[nH]1.Cl.Cl. The van der Waals surface area contributed by atoms with Crippen LogP contribution in [0.15, 0.2) is 12.4 Å². The number of rotatable bonds is 2. The number of halogens is 2. The Balaban J connectivity index is 0. The van der Waals surface area contributed by atoms with E-state index < -0.39 is 0 Å². The fourth-order valence-corrected chi connectivity index (χ4v) is 0.715. The summed E-state index contributed by atoms with van der Waals surface area (Å²) in [5, 5.41) is 0. The van der Waals surface area contributed by atoms with Gasteiger partial charge in [0.2, 0.25) is 0 Å². The van der Waals surface area contributed by atoms with Crippen molar-refractivity contribution in [3.05, 3.63) is 18.2 Å². The Morgan fingerprint density at radius 2 is 2.27 bits per heavy atom. The van der Waals surface area contributed by atoms with Gasteiger partial charge in [-0.05, 0) is 6.92 Å². The molecule has 1 aromatic rings. The van der Waals surface area contributed by atoms with Crippen LogP contribution in [0, 0.1) is 0 Å². The van der Waals surface area contributed by atoms with E-state index in [1.807, 2.05) is 6.92 Å². The highest BCUT2D eigenvalue weighted by Crippen LogP contribution is 1.91. The van der Waals surface area contributed by atoms with Crippen molar-refractivity contribution in [3.63, 3.8) is 0 Å². The van der Waals surface area contributed by atoms with Crippen LogP contribution in [0.5, 0.6) is 0 Å². The van der Waals surface area contributed by atoms with E-state index in [0.29, 0.717) is 0 Å². The van der Waals surface area contributed by atoms with Gasteiger partial charge in [0.25, 0.3) is 0 Å². The van der Waals surface area contributed by atoms with Crippen LogP contribution in [0.4, 0.5) is 0 Å². The molecule has 1 aromatic heterocycles. The first kappa shape index (κ1) is 13.3. The van der Waals surface area contributed by atoms with E-state index in [1.165, 1.54) is 0 Å². The molecule has 0 aliphatic rings. The van der Waals surface area contributed by atoms with Gasteiger partial charge in [0, 0.05) is 24.9 Å². The molecule has 3 N–H and O–H groups in total. The smallest absolute Gasteiger partial charge is 0.107 e. The molecule has 0 spiro atoms. The summed E-state index contributed by atoms with van der Waals surface area (Å²) in [6.07, 6.45) is 4.36. The number of nitrogens with one attached hydrogen (secondary N) is 1. The van der Waals surface area contributed by atoms with Gasteiger partial charge in [0.05, 0.1) is 0 Å². The first-order valence-electron chi connectivity index (χ1n) is 3.03. The third-order valence-electron chi connectivity index (χ3n) is 1.07. The summed E-state index contributed by atoms with van der Waals surface area (Å²) < 4.78 is 0. The van der Waals surface area contributed by atoms with E-state index >= 15 is 0 Å². The molecule has 1 atom stereocenters. The van der Waals surface area contributed by atoms with Crippen LogP contribution in [0.3, 0.4) is 0 Å². The third kappa shape index (κ3) is 5.07. The molecule has 0 saturated carbocycles.